The smallest absolute Gasteiger partial charge is 0.178 e. The molecule has 7 rings (SSSR count). The summed E-state index contributed by atoms with van der Waals surface area (Å²) >= 11 is 0. The number of benzene rings is 2. The quantitative estimate of drug-likeness (QED) is 0.209. The second-order valence-electron chi connectivity index (χ2n) is 10.4. The molecule has 0 aliphatic heterocycles. The van der Waals surface area contributed by atoms with E-state index in [0.29, 0.717) is 62.4 Å². The van der Waals surface area contributed by atoms with Gasteiger partial charge in [0.1, 0.15) is 17.3 Å². The van der Waals surface area contributed by atoms with Crippen LogP contribution in [-0.2, 0) is 6.54 Å². The van der Waals surface area contributed by atoms with Gasteiger partial charge in [-0.1, -0.05) is 31.0 Å². The lowest BCUT2D eigenvalue weighted by Gasteiger charge is -2.11. The second-order valence-corrected chi connectivity index (χ2v) is 10.4. The lowest BCUT2D eigenvalue weighted by molar-refractivity contribution is 0.489. The van der Waals surface area contributed by atoms with E-state index < -0.39 is 5.82 Å². The van der Waals surface area contributed by atoms with Crippen molar-refractivity contribution in [2.24, 2.45) is 5.92 Å². The lowest BCUT2D eigenvalue weighted by atomic mass is 10.0. The summed E-state index contributed by atoms with van der Waals surface area (Å²) in [7, 11) is 0. The van der Waals surface area contributed by atoms with Crippen LogP contribution in [0.4, 0.5) is 8.78 Å². The van der Waals surface area contributed by atoms with Gasteiger partial charge in [-0.15, -0.1) is 0 Å². The van der Waals surface area contributed by atoms with Crippen LogP contribution in [0.5, 0.6) is 0 Å². The Morgan fingerprint density at radius 1 is 0.950 bits per heavy atom. The number of H-pyrrole nitrogens is 2. The normalized spacial score (nSPS) is 14.1. The van der Waals surface area contributed by atoms with E-state index in [9.17, 15) is 4.39 Å². The van der Waals surface area contributed by atoms with Crippen LogP contribution in [0, 0.1) is 17.6 Å². The van der Waals surface area contributed by atoms with Gasteiger partial charge in [-0.05, 0) is 61.2 Å². The third-order valence-electron chi connectivity index (χ3n) is 7.79. The van der Waals surface area contributed by atoms with E-state index >= 15 is 4.39 Å². The number of nitrogens with one attached hydrogen (secondary N) is 3. The first-order chi connectivity index (χ1) is 19.7. The maximum absolute atomic E-state index is 16.2. The maximum atomic E-state index is 16.2. The van der Waals surface area contributed by atoms with Gasteiger partial charge in [-0.3, -0.25) is 10.1 Å². The first-order valence-electron chi connectivity index (χ1n) is 13.6. The minimum Gasteiger partial charge on any atom is -0.335 e. The highest BCUT2D eigenvalue weighted by Gasteiger charge is 2.21. The Kier molecular flexibility index (Phi) is 6.28. The SMILES string of the molecule is Fc1ccccc1-c1ccnc2nc(-c3n[nH]c4ccc(-c5cncc(CNCC6CCCC6)c5)c(F)c34)[nH]c12. The van der Waals surface area contributed by atoms with Gasteiger partial charge in [0.05, 0.1) is 16.4 Å². The molecule has 4 heterocycles. The number of aromatic amines is 2. The van der Waals surface area contributed by atoms with E-state index in [2.05, 4.69) is 35.5 Å². The number of aromatic nitrogens is 6. The van der Waals surface area contributed by atoms with Gasteiger partial charge in [0.15, 0.2) is 11.5 Å². The highest BCUT2D eigenvalue weighted by molar-refractivity contribution is 5.98. The standard InChI is InChI=1S/C31H27F2N7/c32-24-8-4-3-7-22(24)23-11-12-36-30-28(23)37-31(38-30)29-26-25(39-40-29)10-9-21(27(26)33)20-13-19(16-35-17-20)15-34-14-18-5-1-2-6-18/h3-4,7-13,16-18,34H,1-2,5-6,14-15H2,(H,39,40)(H,36,37,38). The minimum absolute atomic E-state index is 0.314. The van der Waals surface area contributed by atoms with Gasteiger partial charge in [-0.2, -0.15) is 5.10 Å². The predicted octanol–water partition coefficient (Wildman–Crippen LogP) is 6.79. The molecule has 3 N–H and O–H groups in total. The molecule has 9 heteroatoms. The largest absolute Gasteiger partial charge is 0.335 e. The minimum atomic E-state index is -0.415. The fourth-order valence-corrected chi connectivity index (χ4v) is 5.76. The Labute approximate surface area is 229 Å². The van der Waals surface area contributed by atoms with Crippen molar-refractivity contribution in [1.82, 2.24) is 35.5 Å². The molecule has 200 valence electrons. The van der Waals surface area contributed by atoms with E-state index in [1.807, 2.05) is 12.3 Å². The van der Waals surface area contributed by atoms with Crippen molar-refractivity contribution in [3.05, 3.63) is 84.3 Å². The topological polar surface area (TPSA) is 95.2 Å². The molecule has 0 amide bonds. The number of rotatable bonds is 7. The summed E-state index contributed by atoms with van der Waals surface area (Å²) in [5.41, 5.74) is 4.99. The highest BCUT2D eigenvalue weighted by Crippen LogP contribution is 2.35. The Balaban J connectivity index is 1.24. The summed E-state index contributed by atoms with van der Waals surface area (Å²) in [6.45, 7) is 1.68. The van der Waals surface area contributed by atoms with E-state index in [0.717, 1.165) is 18.0 Å². The number of pyridine rings is 2. The van der Waals surface area contributed by atoms with Crippen LogP contribution in [0.2, 0.25) is 0 Å². The Bertz CT molecular complexity index is 1840. The molecule has 1 fully saturated rings. The molecule has 4 aromatic heterocycles. The summed E-state index contributed by atoms with van der Waals surface area (Å²) < 4.78 is 30.8. The number of halogens is 2. The third kappa shape index (κ3) is 4.42. The summed E-state index contributed by atoms with van der Waals surface area (Å²) in [6, 6.07) is 13.8. The first kappa shape index (κ1) is 24.5. The van der Waals surface area contributed by atoms with E-state index in [4.69, 9.17) is 0 Å². The van der Waals surface area contributed by atoms with Crippen LogP contribution in [0.15, 0.2) is 67.1 Å². The highest BCUT2D eigenvalue weighted by atomic mass is 19.1. The molecule has 0 unspecified atom stereocenters. The molecule has 40 heavy (non-hydrogen) atoms. The maximum Gasteiger partial charge on any atom is 0.178 e. The molecule has 2 aromatic carbocycles. The Morgan fingerprint density at radius 3 is 2.70 bits per heavy atom. The second kappa shape index (κ2) is 10.2. The first-order valence-corrected chi connectivity index (χ1v) is 13.6. The van der Waals surface area contributed by atoms with E-state index in [1.54, 1.807) is 48.8 Å². The molecule has 0 spiro atoms. The monoisotopic (exact) mass is 535 g/mol. The van der Waals surface area contributed by atoms with Gasteiger partial charge in [0.2, 0.25) is 0 Å². The van der Waals surface area contributed by atoms with Crippen molar-refractivity contribution >= 4 is 22.1 Å². The zero-order valence-corrected chi connectivity index (χ0v) is 21.7. The molecule has 0 bridgehead atoms. The summed E-state index contributed by atoms with van der Waals surface area (Å²) in [5.74, 6) is 0.321. The summed E-state index contributed by atoms with van der Waals surface area (Å²) in [6.07, 6.45) is 10.3. The molecule has 0 saturated heterocycles. The Hall–Kier alpha value is -4.50. The average molecular weight is 536 g/mol. The Morgan fingerprint density at radius 2 is 1.82 bits per heavy atom. The van der Waals surface area contributed by atoms with Crippen LogP contribution >= 0.6 is 0 Å². The fourth-order valence-electron chi connectivity index (χ4n) is 5.76. The number of fused-ring (bicyclic) bond motifs is 2. The predicted molar refractivity (Wildman–Crippen MR) is 151 cm³/mol. The van der Waals surface area contributed by atoms with Gasteiger partial charge in [0.25, 0.3) is 0 Å². The van der Waals surface area contributed by atoms with E-state index in [-0.39, 0.29) is 5.82 Å². The average Bonchev–Trinajstić information content (AvgIpc) is 3.73. The number of hydrogen-bond donors (Lipinski definition) is 3. The van der Waals surface area contributed by atoms with Crippen LogP contribution in [-0.4, -0.2) is 36.7 Å². The van der Waals surface area contributed by atoms with Crippen molar-refractivity contribution in [2.75, 3.05) is 6.54 Å². The van der Waals surface area contributed by atoms with Gasteiger partial charge in [-0.25, -0.2) is 18.7 Å². The zero-order chi connectivity index (χ0) is 27.1. The lowest BCUT2D eigenvalue weighted by Crippen LogP contribution is -2.20. The van der Waals surface area contributed by atoms with Crippen LogP contribution < -0.4 is 5.32 Å². The molecule has 0 radical (unpaired) electrons. The molecular formula is C31H27F2N7. The molecule has 1 aliphatic rings. The van der Waals surface area contributed by atoms with Crippen LogP contribution in [0.1, 0.15) is 31.2 Å². The molecule has 7 nitrogen and oxygen atoms in total. The number of nitrogens with zero attached hydrogens (tertiary/aromatic N) is 4. The molecule has 6 aromatic rings. The van der Waals surface area contributed by atoms with Crippen LogP contribution in [0.25, 0.3) is 55.8 Å². The van der Waals surface area contributed by atoms with Crippen molar-refractivity contribution in [1.29, 1.82) is 0 Å². The number of hydrogen-bond acceptors (Lipinski definition) is 5. The summed E-state index contributed by atoms with van der Waals surface area (Å²) in [5, 5.41) is 11.2. The molecular weight excluding hydrogens is 508 g/mol. The molecule has 1 saturated carbocycles. The van der Waals surface area contributed by atoms with Crippen LogP contribution in [0.3, 0.4) is 0 Å². The molecule has 0 atom stereocenters. The molecule has 1 aliphatic carbocycles. The van der Waals surface area contributed by atoms with Crippen molar-refractivity contribution in [3.63, 3.8) is 0 Å². The zero-order valence-electron chi connectivity index (χ0n) is 21.7. The number of imidazole rings is 1. The third-order valence-corrected chi connectivity index (χ3v) is 7.79. The van der Waals surface area contributed by atoms with Gasteiger partial charge >= 0.3 is 0 Å². The van der Waals surface area contributed by atoms with Gasteiger partial charge < -0.3 is 10.3 Å². The fraction of sp³-hybridized carbons (Fsp3) is 0.226. The van der Waals surface area contributed by atoms with Crippen molar-refractivity contribution < 1.29 is 8.78 Å². The summed E-state index contributed by atoms with van der Waals surface area (Å²) in [4.78, 5) is 16.5. The van der Waals surface area contributed by atoms with Gasteiger partial charge in [0, 0.05) is 47.4 Å². The van der Waals surface area contributed by atoms with E-state index in [1.165, 1.54) is 31.7 Å². The van der Waals surface area contributed by atoms with Crippen molar-refractivity contribution in [2.45, 2.75) is 32.2 Å². The van der Waals surface area contributed by atoms with Crippen molar-refractivity contribution in [3.8, 4) is 33.8 Å².